The Morgan fingerprint density at radius 3 is 2.56 bits per heavy atom. The van der Waals surface area contributed by atoms with Gasteiger partial charge in [-0.15, -0.1) is 0 Å². The molecule has 1 amide bonds. The van der Waals surface area contributed by atoms with E-state index in [4.69, 9.17) is 0 Å². The number of hydrogen-bond donors (Lipinski definition) is 2. The van der Waals surface area contributed by atoms with Crippen LogP contribution in [-0.4, -0.2) is 16.1 Å². The Kier molecular flexibility index (Phi) is 7.25. The summed E-state index contributed by atoms with van der Waals surface area (Å²) in [5, 5.41) is 9.43. The van der Waals surface area contributed by atoms with Gasteiger partial charge in [-0.25, -0.2) is 0 Å². The van der Waals surface area contributed by atoms with Crippen LogP contribution in [-0.2, 0) is 11.2 Å². The van der Waals surface area contributed by atoms with Crippen LogP contribution in [0, 0.1) is 5.92 Å². The number of fused-ring (bicyclic) bond motifs is 1. The Labute approximate surface area is 97.8 Å². The molecule has 0 aromatic carbocycles. The molecule has 0 saturated heterocycles. The molecule has 2 heterocycles. The molecule has 4 nitrogen and oxygen atoms in total. The zero-order chi connectivity index (χ0) is 12.6. The first kappa shape index (κ1) is 14.7. The molecule has 1 unspecified atom stereocenters. The Morgan fingerprint density at radius 2 is 1.94 bits per heavy atom. The van der Waals surface area contributed by atoms with E-state index in [0.717, 1.165) is 24.2 Å². The SMILES string of the molecule is CC.CC.CC1CCc2cn[nH]c2NC1=O. The van der Waals surface area contributed by atoms with Gasteiger partial charge in [-0.05, 0) is 12.8 Å². The second-order valence-corrected chi connectivity index (χ2v) is 3.20. The van der Waals surface area contributed by atoms with Crippen molar-refractivity contribution in [1.82, 2.24) is 10.2 Å². The van der Waals surface area contributed by atoms with Crippen molar-refractivity contribution in [2.24, 2.45) is 5.92 Å². The number of aromatic amines is 1. The summed E-state index contributed by atoms with van der Waals surface area (Å²) in [6, 6.07) is 0. The third-order valence-electron chi connectivity index (χ3n) is 2.26. The monoisotopic (exact) mass is 225 g/mol. The van der Waals surface area contributed by atoms with Gasteiger partial charge in [0, 0.05) is 11.5 Å². The maximum atomic E-state index is 11.3. The van der Waals surface area contributed by atoms with Crippen LogP contribution < -0.4 is 5.32 Å². The van der Waals surface area contributed by atoms with Gasteiger partial charge >= 0.3 is 0 Å². The topological polar surface area (TPSA) is 57.8 Å². The number of carbonyl (C=O) groups excluding carboxylic acids is 1. The molecule has 2 N–H and O–H groups in total. The molecule has 4 heteroatoms. The number of aryl methyl sites for hydroxylation is 1. The average molecular weight is 225 g/mol. The molecule has 0 aliphatic carbocycles. The molecule has 0 spiro atoms. The van der Waals surface area contributed by atoms with Gasteiger partial charge in [-0.1, -0.05) is 34.6 Å². The Balaban J connectivity index is 0.000000509. The van der Waals surface area contributed by atoms with Crippen LogP contribution >= 0.6 is 0 Å². The summed E-state index contributed by atoms with van der Waals surface area (Å²) in [4.78, 5) is 11.3. The van der Waals surface area contributed by atoms with Gasteiger partial charge in [0.2, 0.25) is 5.91 Å². The van der Waals surface area contributed by atoms with Crippen LogP contribution in [0.1, 0.15) is 46.6 Å². The van der Waals surface area contributed by atoms with Crippen molar-refractivity contribution in [3.63, 3.8) is 0 Å². The molecule has 1 aromatic heterocycles. The number of anilines is 1. The van der Waals surface area contributed by atoms with Crippen LogP contribution in [0.15, 0.2) is 6.20 Å². The maximum Gasteiger partial charge on any atom is 0.228 e. The molecule has 2 rings (SSSR count). The lowest BCUT2D eigenvalue weighted by Gasteiger charge is -2.04. The molecule has 0 fully saturated rings. The number of aromatic nitrogens is 2. The molecule has 1 aliphatic heterocycles. The van der Waals surface area contributed by atoms with E-state index in [1.54, 1.807) is 6.20 Å². The largest absolute Gasteiger partial charge is 0.311 e. The van der Waals surface area contributed by atoms with Crippen LogP contribution in [0.2, 0.25) is 0 Å². The lowest BCUT2D eigenvalue weighted by molar-refractivity contribution is -0.119. The maximum absolute atomic E-state index is 11.3. The molecule has 1 aliphatic rings. The normalized spacial score (nSPS) is 17.8. The van der Waals surface area contributed by atoms with Crippen molar-refractivity contribution in [3.8, 4) is 0 Å². The molecule has 1 atom stereocenters. The first-order valence-electron chi connectivity index (χ1n) is 6.10. The smallest absolute Gasteiger partial charge is 0.228 e. The molecule has 0 saturated carbocycles. The number of nitrogens with one attached hydrogen (secondary N) is 2. The number of H-pyrrole nitrogens is 1. The van der Waals surface area contributed by atoms with Crippen molar-refractivity contribution in [1.29, 1.82) is 0 Å². The van der Waals surface area contributed by atoms with Gasteiger partial charge in [0.15, 0.2) is 0 Å². The summed E-state index contributed by atoms with van der Waals surface area (Å²) >= 11 is 0. The van der Waals surface area contributed by atoms with Gasteiger partial charge in [-0.3, -0.25) is 9.89 Å². The van der Waals surface area contributed by atoms with E-state index in [2.05, 4.69) is 15.5 Å². The molecule has 0 radical (unpaired) electrons. The van der Waals surface area contributed by atoms with E-state index in [-0.39, 0.29) is 11.8 Å². The third-order valence-corrected chi connectivity index (χ3v) is 2.26. The first-order chi connectivity index (χ1) is 7.77. The zero-order valence-corrected chi connectivity index (χ0v) is 10.9. The number of amides is 1. The molecular weight excluding hydrogens is 202 g/mol. The van der Waals surface area contributed by atoms with Crippen molar-refractivity contribution >= 4 is 11.7 Å². The Bertz CT molecular complexity index is 307. The molecule has 0 bridgehead atoms. The summed E-state index contributed by atoms with van der Waals surface area (Å²) in [5.74, 6) is 0.952. The highest BCUT2D eigenvalue weighted by Gasteiger charge is 2.20. The second kappa shape index (κ2) is 7.91. The lowest BCUT2D eigenvalue weighted by Crippen LogP contribution is -2.18. The summed E-state index contributed by atoms with van der Waals surface area (Å²) in [7, 11) is 0. The molecular formula is C12H23N3O. The van der Waals surface area contributed by atoms with E-state index in [1.807, 2.05) is 34.6 Å². The number of nitrogens with zero attached hydrogens (tertiary/aromatic N) is 1. The van der Waals surface area contributed by atoms with Crippen molar-refractivity contribution < 1.29 is 4.79 Å². The predicted octanol–water partition coefficient (Wildman–Crippen LogP) is 2.98. The summed E-state index contributed by atoms with van der Waals surface area (Å²) in [5.41, 5.74) is 1.10. The van der Waals surface area contributed by atoms with E-state index in [1.165, 1.54) is 0 Å². The van der Waals surface area contributed by atoms with Crippen LogP contribution in [0.3, 0.4) is 0 Å². The summed E-state index contributed by atoms with van der Waals surface area (Å²) in [6.07, 6.45) is 3.60. The lowest BCUT2D eigenvalue weighted by atomic mass is 10.0. The molecule has 16 heavy (non-hydrogen) atoms. The van der Waals surface area contributed by atoms with Gasteiger partial charge in [0.1, 0.15) is 5.82 Å². The van der Waals surface area contributed by atoms with Crippen LogP contribution in [0.5, 0.6) is 0 Å². The fraction of sp³-hybridized carbons (Fsp3) is 0.667. The second-order valence-electron chi connectivity index (χ2n) is 3.20. The Morgan fingerprint density at radius 1 is 1.31 bits per heavy atom. The average Bonchev–Trinajstić information content (AvgIpc) is 2.73. The van der Waals surface area contributed by atoms with E-state index in [9.17, 15) is 4.79 Å². The zero-order valence-electron chi connectivity index (χ0n) is 10.9. The number of rotatable bonds is 0. The summed E-state index contributed by atoms with van der Waals surface area (Å²) in [6.45, 7) is 9.94. The van der Waals surface area contributed by atoms with Crippen molar-refractivity contribution in [2.45, 2.75) is 47.5 Å². The number of carbonyl (C=O) groups is 1. The van der Waals surface area contributed by atoms with Gasteiger partial charge in [0.25, 0.3) is 0 Å². The highest BCUT2D eigenvalue weighted by molar-refractivity contribution is 5.92. The highest BCUT2D eigenvalue weighted by Crippen LogP contribution is 2.21. The van der Waals surface area contributed by atoms with Gasteiger partial charge < -0.3 is 5.32 Å². The minimum atomic E-state index is 0.0815. The highest BCUT2D eigenvalue weighted by atomic mass is 16.1. The van der Waals surface area contributed by atoms with Crippen molar-refractivity contribution in [3.05, 3.63) is 11.8 Å². The van der Waals surface area contributed by atoms with Crippen molar-refractivity contribution in [2.75, 3.05) is 5.32 Å². The van der Waals surface area contributed by atoms with E-state index >= 15 is 0 Å². The van der Waals surface area contributed by atoms with Gasteiger partial charge in [-0.2, -0.15) is 5.10 Å². The first-order valence-corrected chi connectivity index (χ1v) is 6.10. The molecule has 1 aromatic rings. The quantitative estimate of drug-likeness (QED) is 0.713. The predicted molar refractivity (Wildman–Crippen MR) is 67.4 cm³/mol. The summed E-state index contributed by atoms with van der Waals surface area (Å²) < 4.78 is 0. The number of hydrogen-bond acceptors (Lipinski definition) is 2. The molecule has 92 valence electrons. The fourth-order valence-corrected chi connectivity index (χ4v) is 1.36. The minimum absolute atomic E-state index is 0.0815. The van der Waals surface area contributed by atoms with Gasteiger partial charge in [0.05, 0.1) is 6.20 Å². The standard InChI is InChI=1S/C8H11N3O.2C2H6/c1-5-2-3-6-4-9-11-7(6)10-8(5)12;2*1-2/h4-5H,2-3H2,1H3,(H2,9,10,11,12);2*1-2H3. The van der Waals surface area contributed by atoms with E-state index in [0.29, 0.717) is 0 Å². The van der Waals surface area contributed by atoms with Crippen LogP contribution in [0.4, 0.5) is 5.82 Å². The van der Waals surface area contributed by atoms with E-state index < -0.39 is 0 Å². The Hall–Kier alpha value is -1.32. The van der Waals surface area contributed by atoms with Crippen LogP contribution in [0.25, 0.3) is 0 Å². The minimum Gasteiger partial charge on any atom is -0.311 e. The fourth-order valence-electron chi connectivity index (χ4n) is 1.36. The third kappa shape index (κ3) is 3.68.